The Labute approximate surface area is 95.0 Å². The summed E-state index contributed by atoms with van der Waals surface area (Å²) < 4.78 is 19.0. The third kappa shape index (κ3) is 2.40. The van der Waals surface area contributed by atoms with Crippen molar-refractivity contribution in [3.8, 4) is 0 Å². The first kappa shape index (κ1) is 11.5. The summed E-state index contributed by atoms with van der Waals surface area (Å²) in [6, 6.07) is 6.80. The van der Waals surface area contributed by atoms with Gasteiger partial charge in [0.25, 0.3) is 0 Å². The molecule has 0 bridgehead atoms. The van der Waals surface area contributed by atoms with Crippen LogP contribution in [0.4, 0.5) is 4.39 Å². The van der Waals surface area contributed by atoms with E-state index in [2.05, 4.69) is 4.90 Å². The predicted molar refractivity (Wildman–Crippen MR) is 60.6 cm³/mol. The van der Waals surface area contributed by atoms with Crippen LogP contribution in [0.2, 0.25) is 0 Å². The van der Waals surface area contributed by atoms with Crippen molar-refractivity contribution in [2.45, 2.75) is 6.04 Å². The predicted octanol–water partition coefficient (Wildman–Crippen LogP) is 1.16. The van der Waals surface area contributed by atoms with Crippen molar-refractivity contribution in [3.05, 3.63) is 35.6 Å². The number of nitrogens with two attached hydrogens (primary N) is 1. The van der Waals surface area contributed by atoms with E-state index in [0.29, 0.717) is 25.3 Å². The number of halogens is 1. The van der Waals surface area contributed by atoms with E-state index in [0.717, 1.165) is 13.1 Å². The molecule has 0 amide bonds. The Morgan fingerprint density at radius 2 is 2.00 bits per heavy atom. The van der Waals surface area contributed by atoms with Gasteiger partial charge in [0, 0.05) is 25.2 Å². The maximum absolute atomic E-state index is 13.7. The average molecular weight is 224 g/mol. The van der Waals surface area contributed by atoms with Crippen LogP contribution in [0.1, 0.15) is 11.6 Å². The molecule has 1 aliphatic heterocycles. The van der Waals surface area contributed by atoms with Crippen LogP contribution >= 0.6 is 0 Å². The molecule has 1 aromatic rings. The van der Waals surface area contributed by atoms with E-state index < -0.39 is 0 Å². The molecule has 3 nitrogen and oxygen atoms in total. The van der Waals surface area contributed by atoms with E-state index in [-0.39, 0.29) is 11.9 Å². The molecule has 0 unspecified atom stereocenters. The number of benzene rings is 1. The molecule has 0 aromatic heterocycles. The zero-order chi connectivity index (χ0) is 11.4. The lowest BCUT2D eigenvalue weighted by Gasteiger charge is -2.34. The van der Waals surface area contributed by atoms with Crippen LogP contribution in [0.3, 0.4) is 0 Å². The van der Waals surface area contributed by atoms with Gasteiger partial charge in [-0.3, -0.25) is 4.90 Å². The van der Waals surface area contributed by atoms with Crippen molar-refractivity contribution in [2.75, 3.05) is 32.8 Å². The number of hydrogen-bond donors (Lipinski definition) is 1. The van der Waals surface area contributed by atoms with E-state index in [4.69, 9.17) is 10.5 Å². The highest BCUT2D eigenvalue weighted by Crippen LogP contribution is 2.22. The molecule has 4 heteroatoms. The summed E-state index contributed by atoms with van der Waals surface area (Å²) in [5, 5.41) is 0. The van der Waals surface area contributed by atoms with E-state index >= 15 is 0 Å². The fourth-order valence-corrected chi connectivity index (χ4v) is 2.11. The highest BCUT2D eigenvalue weighted by atomic mass is 19.1. The number of hydrogen-bond acceptors (Lipinski definition) is 3. The van der Waals surface area contributed by atoms with Gasteiger partial charge in [0.2, 0.25) is 0 Å². The van der Waals surface area contributed by atoms with Crippen molar-refractivity contribution in [1.82, 2.24) is 4.90 Å². The van der Waals surface area contributed by atoms with Crippen molar-refractivity contribution in [3.63, 3.8) is 0 Å². The standard InChI is InChI=1S/C12H17FN2O/c13-11-4-2-1-3-10(11)12(9-14)15-5-7-16-8-6-15/h1-4,12H,5-9,14H2/t12-/m1/s1. The zero-order valence-electron chi connectivity index (χ0n) is 9.23. The molecular weight excluding hydrogens is 207 g/mol. The summed E-state index contributed by atoms with van der Waals surface area (Å²) >= 11 is 0. The van der Waals surface area contributed by atoms with Crippen LogP contribution in [0.15, 0.2) is 24.3 Å². The van der Waals surface area contributed by atoms with Gasteiger partial charge in [0.1, 0.15) is 5.82 Å². The Kier molecular flexibility index (Phi) is 3.88. The molecule has 16 heavy (non-hydrogen) atoms. The Balaban J connectivity index is 2.18. The molecule has 88 valence electrons. The SMILES string of the molecule is NC[C@H](c1ccccc1F)N1CCOCC1. The minimum atomic E-state index is -0.176. The molecule has 2 rings (SSSR count). The second kappa shape index (κ2) is 5.39. The van der Waals surface area contributed by atoms with Gasteiger partial charge in [0.15, 0.2) is 0 Å². The first-order valence-electron chi connectivity index (χ1n) is 5.59. The van der Waals surface area contributed by atoms with Gasteiger partial charge in [0.05, 0.1) is 19.3 Å². The van der Waals surface area contributed by atoms with Gasteiger partial charge in [-0.25, -0.2) is 4.39 Å². The van der Waals surface area contributed by atoms with Crippen LogP contribution in [-0.2, 0) is 4.74 Å². The second-order valence-corrected chi connectivity index (χ2v) is 3.92. The first-order valence-corrected chi connectivity index (χ1v) is 5.59. The van der Waals surface area contributed by atoms with Gasteiger partial charge < -0.3 is 10.5 Å². The first-order chi connectivity index (χ1) is 7.83. The monoisotopic (exact) mass is 224 g/mol. The summed E-state index contributed by atoms with van der Waals surface area (Å²) in [5.74, 6) is -0.176. The average Bonchev–Trinajstić information content (AvgIpc) is 2.34. The zero-order valence-corrected chi connectivity index (χ0v) is 9.23. The third-order valence-electron chi connectivity index (χ3n) is 2.97. The van der Waals surface area contributed by atoms with Gasteiger partial charge >= 0.3 is 0 Å². The lowest BCUT2D eigenvalue weighted by Crippen LogP contribution is -2.42. The molecule has 1 fully saturated rings. The van der Waals surface area contributed by atoms with Crippen LogP contribution in [0.25, 0.3) is 0 Å². The minimum Gasteiger partial charge on any atom is -0.379 e. The van der Waals surface area contributed by atoms with Gasteiger partial charge in [-0.05, 0) is 6.07 Å². The number of nitrogens with zero attached hydrogens (tertiary/aromatic N) is 1. The van der Waals surface area contributed by atoms with E-state index in [1.807, 2.05) is 12.1 Å². The smallest absolute Gasteiger partial charge is 0.128 e. The Hall–Kier alpha value is -0.970. The van der Waals surface area contributed by atoms with Crippen LogP contribution in [0.5, 0.6) is 0 Å². The molecule has 1 saturated heterocycles. The third-order valence-corrected chi connectivity index (χ3v) is 2.97. The molecule has 1 aromatic carbocycles. The number of ether oxygens (including phenoxy) is 1. The van der Waals surface area contributed by atoms with Gasteiger partial charge in [-0.15, -0.1) is 0 Å². The van der Waals surface area contributed by atoms with E-state index in [1.54, 1.807) is 6.07 Å². The topological polar surface area (TPSA) is 38.5 Å². The van der Waals surface area contributed by atoms with Crippen LogP contribution in [0, 0.1) is 5.82 Å². The van der Waals surface area contributed by atoms with E-state index in [1.165, 1.54) is 6.07 Å². The summed E-state index contributed by atoms with van der Waals surface area (Å²) in [7, 11) is 0. The molecule has 0 radical (unpaired) electrons. The van der Waals surface area contributed by atoms with Crippen molar-refractivity contribution < 1.29 is 9.13 Å². The molecular formula is C12H17FN2O. The van der Waals surface area contributed by atoms with Crippen molar-refractivity contribution >= 4 is 0 Å². The fourth-order valence-electron chi connectivity index (χ4n) is 2.11. The van der Waals surface area contributed by atoms with Crippen molar-refractivity contribution in [2.24, 2.45) is 5.73 Å². The maximum Gasteiger partial charge on any atom is 0.128 e. The Morgan fingerprint density at radius 1 is 1.31 bits per heavy atom. The van der Waals surface area contributed by atoms with Crippen molar-refractivity contribution in [1.29, 1.82) is 0 Å². The van der Waals surface area contributed by atoms with Crippen LogP contribution < -0.4 is 5.73 Å². The Morgan fingerprint density at radius 3 is 2.62 bits per heavy atom. The minimum absolute atomic E-state index is 0.0369. The molecule has 2 N–H and O–H groups in total. The normalized spacial score (nSPS) is 19.6. The van der Waals surface area contributed by atoms with Gasteiger partial charge in [-0.1, -0.05) is 18.2 Å². The molecule has 1 aliphatic rings. The number of morpholine rings is 1. The summed E-state index contributed by atoms with van der Waals surface area (Å²) in [6.45, 7) is 3.46. The fraction of sp³-hybridized carbons (Fsp3) is 0.500. The largest absolute Gasteiger partial charge is 0.379 e. The lowest BCUT2D eigenvalue weighted by atomic mass is 10.0. The molecule has 0 spiro atoms. The summed E-state index contributed by atoms with van der Waals surface area (Å²) in [6.07, 6.45) is 0. The molecule has 0 saturated carbocycles. The summed E-state index contributed by atoms with van der Waals surface area (Å²) in [4.78, 5) is 2.18. The van der Waals surface area contributed by atoms with Crippen LogP contribution in [-0.4, -0.2) is 37.7 Å². The molecule has 0 aliphatic carbocycles. The Bertz CT molecular complexity index is 340. The van der Waals surface area contributed by atoms with E-state index in [9.17, 15) is 4.39 Å². The molecule has 1 atom stereocenters. The molecule has 1 heterocycles. The second-order valence-electron chi connectivity index (χ2n) is 3.92. The maximum atomic E-state index is 13.7. The highest BCUT2D eigenvalue weighted by molar-refractivity contribution is 5.21. The lowest BCUT2D eigenvalue weighted by molar-refractivity contribution is 0.0172. The number of rotatable bonds is 3. The summed E-state index contributed by atoms with van der Waals surface area (Å²) in [5.41, 5.74) is 6.44. The van der Waals surface area contributed by atoms with Gasteiger partial charge in [-0.2, -0.15) is 0 Å². The highest BCUT2D eigenvalue weighted by Gasteiger charge is 2.23. The quantitative estimate of drug-likeness (QED) is 0.837.